The zero-order valence-corrected chi connectivity index (χ0v) is 29.6. The summed E-state index contributed by atoms with van der Waals surface area (Å²) in [5, 5.41) is 4.69. The molecule has 0 saturated heterocycles. The van der Waals surface area contributed by atoms with E-state index in [1.165, 1.54) is 55.3 Å². The molecule has 0 N–H and O–H groups in total. The Bertz CT molecular complexity index is 2890. The summed E-state index contributed by atoms with van der Waals surface area (Å²) in [4.78, 5) is 2.35. The molecule has 0 radical (unpaired) electrons. The van der Waals surface area contributed by atoms with Gasteiger partial charge >= 0.3 is 0 Å². The number of hydrogen-bond donors (Lipinski definition) is 0. The normalized spacial score (nSPS) is 11.3. The number of fused-ring (bicyclic) bond motifs is 4. The summed E-state index contributed by atoms with van der Waals surface area (Å²) < 4.78 is 6.36. The van der Waals surface area contributed by atoms with Crippen LogP contribution in [-0.4, -0.2) is 0 Å². The van der Waals surface area contributed by atoms with Crippen LogP contribution in [0.15, 0.2) is 217 Å². The monoisotopic (exact) mass is 689 g/mol. The van der Waals surface area contributed by atoms with E-state index in [1.54, 1.807) is 0 Å². The molecule has 1 aromatic heterocycles. The Morgan fingerprint density at radius 1 is 0.315 bits per heavy atom. The highest BCUT2D eigenvalue weighted by Crippen LogP contribution is 2.44. The van der Waals surface area contributed by atoms with Gasteiger partial charge in [-0.25, -0.2) is 0 Å². The molecule has 0 atom stereocenters. The zero-order valence-electron chi connectivity index (χ0n) is 29.6. The SMILES string of the molecule is c1ccc(-c2ccc(-c3ccc(N(c4ccc(-c5ccc6c(-c7ccccc7)cccc6c5)cc4)c4cccc5oc6ccccc6c45)cc3)cc2)cc1. The van der Waals surface area contributed by atoms with Gasteiger partial charge in [0, 0.05) is 16.8 Å². The van der Waals surface area contributed by atoms with Crippen LogP contribution in [0, 0.1) is 0 Å². The van der Waals surface area contributed by atoms with Crippen LogP contribution in [0.4, 0.5) is 17.1 Å². The van der Waals surface area contributed by atoms with Crippen molar-refractivity contribution in [3.63, 3.8) is 0 Å². The summed E-state index contributed by atoms with van der Waals surface area (Å²) in [5.74, 6) is 0. The zero-order chi connectivity index (χ0) is 35.8. The Labute approximate surface area is 314 Å². The van der Waals surface area contributed by atoms with Crippen LogP contribution in [-0.2, 0) is 0 Å². The standard InChI is InChI=1S/C52H35NO/c1-3-11-36(12-4-1)37-21-23-38(24-22-37)39-25-30-44(31-26-39)53(49-18-10-20-51-52(49)48-16-7-8-19-50(48)54-51)45-32-27-40(28-33-45)42-29-34-47-43(35-42)15-9-17-46(47)41-13-5-2-6-14-41/h1-35H. The highest BCUT2D eigenvalue weighted by atomic mass is 16.3. The van der Waals surface area contributed by atoms with Gasteiger partial charge in [-0.2, -0.15) is 0 Å². The molecule has 0 fully saturated rings. The number of nitrogens with zero attached hydrogens (tertiary/aromatic N) is 1. The van der Waals surface area contributed by atoms with Crippen molar-refractivity contribution < 1.29 is 4.42 Å². The lowest BCUT2D eigenvalue weighted by atomic mass is 9.95. The van der Waals surface area contributed by atoms with Crippen LogP contribution < -0.4 is 4.90 Å². The maximum Gasteiger partial charge on any atom is 0.137 e. The van der Waals surface area contributed by atoms with Gasteiger partial charge in [-0.1, -0.05) is 164 Å². The first-order valence-corrected chi connectivity index (χ1v) is 18.4. The Balaban J connectivity index is 1.04. The van der Waals surface area contributed by atoms with E-state index in [9.17, 15) is 0 Å². The maximum absolute atomic E-state index is 6.36. The first kappa shape index (κ1) is 31.6. The lowest BCUT2D eigenvalue weighted by molar-refractivity contribution is 0.669. The van der Waals surface area contributed by atoms with Gasteiger partial charge in [-0.15, -0.1) is 0 Å². The lowest BCUT2D eigenvalue weighted by Crippen LogP contribution is -2.10. The van der Waals surface area contributed by atoms with Crippen molar-refractivity contribution in [1.29, 1.82) is 0 Å². The predicted molar refractivity (Wildman–Crippen MR) is 228 cm³/mol. The molecule has 0 amide bonds. The Kier molecular flexibility index (Phi) is 7.85. The van der Waals surface area contributed by atoms with Gasteiger partial charge in [-0.3, -0.25) is 0 Å². The molecule has 2 heteroatoms. The molecule has 0 bridgehead atoms. The first-order chi connectivity index (χ1) is 26.8. The third-order valence-electron chi connectivity index (χ3n) is 10.5. The van der Waals surface area contributed by atoms with Crippen LogP contribution >= 0.6 is 0 Å². The molecule has 10 rings (SSSR count). The average molecular weight is 690 g/mol. The summed E-state index contributed by atoms with van der Waals surface area (Å²) in [6.45, 7) is 0. The highest BCUT2D eigenvalue weighted by Gasteiger charge is 2.19. The Morgan fingerprint density at radius 2 is 0.815 bits per heavy atom. The molecular weight excluding hydrogens is 655 g/mol. The second kappa shape index (κ2) is 13.4. The fraction of sp³-hybridized carbons (Fsp3) is 0. The molecule has 2 nitrogen and oxygen atoms in total. The number of furan rings is 1. The summed E-state index contributed by atoms with van der Waals surface area (Å²) in [5.41, 5.74) is 14.6. The Hall–Kier alpha value is -7.16. The van der Waals surface area contributed by atoms with Crippen LogP contribution in [0.2, 0.25) is 0 Å². The largest absolute Gasteiger partial charge is 0.456 e. The molecule has 0 aliphatic carbocycles. The van der Waals surface area contributed by atoms with E-state index < -0.39 is 0 Å². The number of rotatable bonds is 7. The second-order valence-corrected chi connectivity index (χ2v) is 13.7. The fourth-order valence-corrected chi connectivity index (χ4v) is 7.79. The van der Waals surface area contributed by atoms with Crippen LogP contribution in [0.5, 0.6) is 0 Å². The van der Waals surface area contributed by atoms with Crippen molar-refractivity contribution in [1.82, 2.24) is 0 Å². The number of hydrogen-bond acceptors (Lipinski definition) is 2. The van der Waals surface area contributed by atoms with Crippen LogP contribution in [0.25, 0.3) is 77.2 Å². The molecule has 0 aliphatic rings. The van der Waals surface area contributed by atoms with Crippen LogP contribution in [0.1, 0.15) is 0 Å². The van der Waals surface area contributed by atoms with E-state index in [0.717, 1.165) is 39.0 Å². The molecule has 54 heavy (non-hydrogen) atoms. The molecule has 0 saturated carbocycles. The molecule has 1 heterocycles. The Morgan fingerprint density at radius 3 is 1.48 bits per heavy atom. The number of benzene rings is 9. The summed E-state index contributed by atoms with van der Waals surface area (Å²) in [7, 11) is 0. The molecule has 10 aromatic rings. The minimum absolute atomic E-state index is 0.872. The van der Waals surface area contributed by atoms with Crippen molar-refractivity contribution in [2.75, 3.05) is 4.90 Å². The van der Waals surface area contributed by atoms with Gasteiger partial charge in [0.05, 0.1) is 11.1 Å². The van der Waals surface area contributed by atoms with Crippen molar-refractivity contribution >= 4 is 49.8 Å². The quantitative estimate of drug-likeness (QED) is 0.166. The average Bonchev–Trinajstić information content (AvgIpc) is 3.64. The maximum atomic E-state index is 6.36. The third kappa shape index (κ3) is 5.71. The highest BCUT2D eigenvalue weighted by molar-refractivity contribution is 6.13. The predicted octanol–water partition coefficient (Wildman–Crippen LogP) is 14.9. The van der Waals surface area contributed by atoms with Gasteiger partial charge in [0.2, 0.25) is 0 Å². The minimum Gasteiger partial charge on any atom is -0.456 e. The van der Waals surface area contributed by atoms with E-state index in [1.807, 2.05) is 12.1 Å². The minimum atomic E-state index is 0.872. The molecular formula is C52H35NO. The van der Waals surface area contributed by atoms with E-state index in [4.69, 9.17) is 4.42 Å². The summed E-state index contributed by atoms with van der Waals surface area (Å²) >= 11 is 0. The summed E-state index contributed by atoms with van der Waals surface area (Å²) in [6, 6.07) is 75.8. The number of anilines is 3. The van der Waals surface area contributed by atoms with Gasteiger partial charge in [0.1, 0.15) is 11.2 Å². The second-order valence-electron chi connectivity index (χ2n) is 13.7. The van der Waals surface area contributed by atoms with Gasteiger partial charge in [-0.05, 0) is 104 Å². The van der Waals surface area contributed by atoms with E-state index in [0.29, 0.717) is 0 Å². The van der Waals surface area contributed by atoms with Crippen LogP contribution in [0.3, 0.4) is 0 Å². The molecule has 0 unspecified atom stereocenters. The van der Waals surface area contributed by atoms with E-state index in [2.05, 4.69) is 205 Å². The van der Waals surface area contributed by atoms with Crippen molar-refractivity contribution in [3.8, 4) is 44.5 Å². The van der Waals surface area contributed by atoms with Crippen molar-refractivity contribution in [2.24, 2.45) is 0 Å². The van der Waals surface area contributed by atoms with Gasteiger partial charge < -0.3 is 9.32 Å². The smallest absolute Gasteiger partial charge is 0.137 e. The molecule has 9 aromatic carbocycles. The fourth-order valence-electron chi connectivity index (χ4n) is 7.79. The van der Waals surface area contributed by atoms with E-state index in [-0.39, 0.29) is 0 Å². The first-order valence-electron chi connectivity index (χ1n) is 18.4. The van der Waals surface area contributed by atoms with Gasteiger partial charge in [0.25, 0.3) is 0 Å². The summed E-state index contributed by atoms with van der Waals surface area (Å²) in [6.07, 6.45) is 0. The molecule has 0 spiro atoms. The third-order valence-corrected chi connectivity index (χ3v) is 10.5. The van der Waals surface area contributed by atoms with Gasteiger partial charge in [0.15, 0.2) is 0 Å². The van der Waals surface area contributed by atoms with Crippen molar-refractivity contribution in [2.45, 2.75) is 0 Å². The van der Waals surface area contributed by atoms with Crippen molar-refractivity contribution in [3.05, 3.63) is 212 Å². The number of para-hydroxylation sites is 1. The molecule has 254 valence electrons. The lowest BCUT2D eigenvalue weighted by Gasteiger charge is -2.26. The topological polar surface area (TPSA) is 16.4 Å². The molecule has 0 aliphatic heterocycles. The van der Waals surface area contributed by atoms with E-state index >= 15 is 0 Å².